The minimum absolute atomic E-state index is 0.235. The summed E-state index contributed by atoms with van der Waals surface area (Å²) in [4.78, 5) is 0. The average molecular weight is 413 g/mol. The second kappa shape index (κ2) is 7.84. The van der Waals surface area contributed by atoms with Crippen molar-refractivity contribution >= 4 is 46.4 Å². The Kier molecular flexibility index (Phi) is 6.50. The summed E-state index contributed by atoms with van der Waals surface area (Å²) in [6.45, 7) is 24.5. The zero-order valence-electron chi connectivity index (χ0n) is 19.3. The van der Waals surface area contributed by atoms with E-state index in [0.29, 0.717) is 0 Å². The Morgan fingerprint density at radius 1 is 0.519 bits per heavy atom. The maximum Gasteiger partial charge on any atom is 0.128 e. The molecule has 3 heteroatoms. The van der Waals surface area contributed by atoms with E-state index in [-0.39, 0.29) is 10.1 Å². The van der Waals surface area contributed by atoms with Gasteiger partial charge < -0.3 is 0 Å². The summed E-state index contributed by atoms with van der Waals surface area (Å²) in [5.74, 6) is 0. The Labute approximate surface area is 172 Å². The molecule has 0 amide bonds. The van der Waals surface area contributed by atoms with Gasteiger partial charge in [-0.15, -0.1) is 0 Å². The van der Waals surface area contributed by atoms with Crippen LogP contribution in [-0.2, 0) is 0 Å². The topological polar surface area (TPSA) is 0 Å². The summed E-state index contributed by atoms with van der Waals surface area (Å²) in [6.07, 6.45) is 0. The molecule has 2 rings (SSSR count). The van der Waals surface area contributed by atoms with Crippen molar-refractivity contribution in [1.82, 2.24) is 0 Å². The fraction of sp³-hybridized carbons (Fsp3) is 0.500. The van der Waals surface area contributed by atoms with Crippen molar-refractivity contribution in [3.8, 4) is 0 Å². The fourth-order valence-corrected chi connectivity index (χ4v) is 14.6. The minimum Gasteiger partial charge on any atom is -0.0682 e. The maximum atomic E-state index is 2.48. The number of rotatable bonds is 4. The lowest BCUT2D eigenvalue weighted by atomic mass is 10.2. The van der Waals surface area contributed by atoms with Gasteiger partial charge in [0.15, 0.2) is 0 Å². The molecule has 0 bridgehead atoms. The molecule has 0 nitrogen and oxygen atoms in total. The van der Waals surface area contributed by atoms with Crippen LogP contribution in [0, 0.1) is 0 Å². The molecule has 0 aliphatic carbocycles. The second-order valence-corrected chi connectivity index (χ2v) is 22.4. The van der Waals surface area contributed by atoms with E-state index >= 15 is 0 Å². The van der Waals surface area contributed by atoms with E-state index in [1.54, 1.807) is 20.7 Å². The third kappa shape index (κ3) is 4.10. The van der Waals surface area contributed by atoms with Crippen molar-refractivity contribution in [1.29, 1.82) is 0 Å². The molecule has 0 aliphatic rings. The van der Waals surface area contributed by atoms with Gasteiger partial charge in [0.25, 0.3) is 0 Å². The highest BCUT2D eigenvalue weighted by atomic mass is 28.3. The zero-order valence-corrected chi connectivity index (χ0v) is 22.6. The Balaban J connectivity index is 2.78. The van der Waals surface area contributed by atoms with Gasteiger partial charge in [-0.3, -0.25) is 0 Å². The van der Waals surface area contributed by atoms with E-state index in [1.165, 1.54) is 0 Å². The van der Waals surface area contributed by atoms with E-state index in [2.05, 4.69) is 116 Å². The van der Waals surface area contributed by atoms with E-state index in [1.807, 2.05) is 0 Å². The summed E-state index contributed by atoms with van der Waals surface area (Å²) in [6, 6.07) is 19.7. The summed E-state index contributed by atoms with van der Waals surface area (Å²) in [5, 5.41) is 6.81. The van der Waals surface area contributed by atoms with Crippen LogP contribution in [0.25, 0.3) is 0 Å². The Morgan fingerprint density at radius 3 is 0.963 bits per heavy atom. The molecule has 0 aromatic heterocycles. The van der Waals surface area contributed by atoms with Gasteiger partial charge in [0.2, 0.25) is 0 Å². The van der Waals surface area contributed by atoms with Crippen LogP contribution in [0.4, 0.5) is 0 Å². The van der Waals surface area contributed by atoms with E-state index < -0.39 is 25.7 Å². The van der Waals surface area contributed by atoms with Gasteiger partial charge in [0.1, 0.15) is 8.07 Å². The normalized spacial score (nSPS) is 13.5. The quantitative estimate of drug-likeness (QED) is 0.659. The molecular formula is C24H40Si3. The molecule has 0 unspecified atom stereocenters. The lowest BCUT2D eigenvalue weighted by Crippen LogP contribution is -2.69. The Morgan fingerprint density at radius 2 is 0.778 bits per heavy atom. The molecule has 148 valence electrons. The third-order valence-corrected chi connectivity index (χ3v) is 16.6. The van der Waals surface area contributed by atoms with Crippen molar-refractivity contribution in [3.05, 3.63) is 48.5 Å². The molecular weight excluding hydrogens is 373 g/mol. The molecule has 0 saturated heterocycles. The van der Waals surface area contributed by atoms with E-state index in [9.17, 15) is 0 Å². The molecule has 0 aliphatic heterocycles. The maximum absolute atomic E-state index is 2.48. The molecule has 0 radical (unpaired) electrons. The van der Waals surface area contributed by atoms with Gasteiger partial charge in [0.05, 0.1) is 17.6 Å². The second-order valence-electron chi connectivity index (χ2n) is 10.8. The van der Waals surface area contributed by atoms with Crippen LogP contribution >= 0.6 is 0 Å². The molecule has 0 N–H and O–H groups in total. The molecule has 2 aromatic carbocycles. The van der Waals surface area contributed by atoms with Gasteiger partial charge in [-0.05, 0) is 10.1 Å². The van der Waals surface area contributed by atoms with Crippen molar-refractivity contribution in [2.45, 2.75) is 77.8 Å². The number of hydrogen-bond acceptors (Lipinski definition) is 0. The highest BCUT2D eigenvalue weighted by Crippen LogP contribution is 2.50. The van der Waals surface area contributed by atoms with Crippen molar-refractivity contribution in [2.24, 2.45) is 0 Å². The van der Waals surface area contributed by atoms with Crippen molar-refractivity contribution in [3.63, 3.8) is 0 Å². The first-order chi connectivity index (χ1) is 12.3. The van der Waals surface area contributed by atoms with Crippen LogP contribution in [0.1, 0.15) is 41.5 Å². The molecule has 0 fully saturated rings. The SMILES string of the molecule is C[SiH](C)c1ccc([Si](c2ccc([SiH](C)C)cc2)(C(C)(C)C)C(C)(C)C)cc1. The Hall–Kier alpha value is -0.909. The molecule has 0 spiro atoms. The van der Waals surface area contributed by atoms with Gasteiger partial charge in [0, 0.05) is 0 Å². The van der Waals surface area contributed by atoms with Crippen molar-refractivity contribution < 1.29 is 0 Å². The van der Waals surface area contributed by atoms with Crippen LogP contribution in [0.5, 0.6) is 0 Å². The lowest BCUT2D eigenvalue weighted by Gasteiger charge is -2.53. The fourth-order valence-electron chi connectivity index (χ4n) is 5.26. The first-order valence-corrected chi connectivity index (χ1v) is 18.3. The average Bonchev–Trinajstić information content (AvgIpc) is 2.53. The molecule has 0 atom stereocenters. The third-order valence-electron chi connectivity index (χ3n) is 6.27. The van der Waals surface area contributed by atoms with Crippen LogP contribution in [-0.4, -0.2) is 25.7 Å². The summed E-state index contributed by atoms with van der Waals surface area (Å²) >= 11 is 0. The summed E-state index contributed by atoms with van der Waals surface area (Å²) in [7, 11) is -3.55. The highest BCUT2D eigenvalue weighted by Gasteiger charge is 2.55. The molecule has 0 heterocycles. The highest BCUT2D eigenvalue weighted by molar-refractivity contribution is 7.06. The molecule has 0 saturated carbocycles. The molecule has 27 heavy (non-hydrogen) atoms. The lowest BCUT2D eigenvalue weighted by molar-refractivity contribution is 0.636. The van der Waals surface area contributed by atoms with Crippen LogP contribution in [0.15, 0.2) is 48.5 Å². The van der Waals surface area contributed by atoms with Gasteiger partial charge in [-0.2, -0.15) is 0 Å². The first kappa shape index (κ1) is 22.4. The zero-order chi connectivity index (χ0) is 20.6. The van der Waals surface area contributed by atoms with Gasteiger partial charge in [-0.1, -0.05) is 137 Å². The van der Waals surface area contributed by atoms with Gasteiger partial charge in [-0.25, -0.2) is 0 Å². The monoisotopic (exact) mass is 412 g/mol. The summed E-state index contributed by atoms with van der Waals surface area (Å²) < 4.78 is 0. The predicted octanol–water partition coefficient (Wildman–Crippen LogP) is 4.24. The van der Waals surface area contributed by atoms with E-state index in [4.69, 9.17) is 0 Å². The van der Waals surface area contributed by atoms with Crippen LogP contribution in [0.3, 0.4) is 0 Å². The van der Waals surface area contributed by atoms with Crippen molar-refractivity contribution in [2.75, 3.05) is 0 Å². The Bertz CT molecular complexity index is 675. The minimum atomic E-state index is -2.04. The molecule has 2 aromatic rings. The van der Waals surface area contributed by atoms with E-state index in [0.717, 1.165) is 0 Å². The first-order valence-electron chi connectivity index (χ1n) is 10.5. The standard InChI is InChI=1S/C24H40Si3/c1-23(2,3)27(24(4,5)6,21-15-11-19(12-16-21)25(7)8)22-17-13-20(14-18-22)26(9)10/h11-18,25-26H,1-10H3. The van der Waals surface area contributed by atoms with Gasteiger partial charge >= 0.3 is 0 Å². The number of benzene rings is 2. The smallest absolute Gasteiger partial charge is 0.0682 e. The predicted molar refractivity (Wildman–Crippen MR) is 134 cm³/mol. The van der Waals surface area contributed by atoms with Crippen LogP contribution < -0.4 is 20.7 Å². The number of hydrogen-bond donors (Lipinski definition) is 0. The largest absolute Gasteiger partial charge is 0.128 e. The summed E-state index contributed by atoms with van der Waals surface area (Å²) in [5.41, 5.74) is 0. The van der Waals surface area contributed by atoms with Crippen LogP contribution in [0.2, 0.25) is 36.3 Å².